The maximum absolute atomic E-state index is 13.7. The second-order valence-corrected chi connectivity index (χ2v) is 12.2. The number of imide groups is 1. The number of nitrogens with zero attached hydrogens (tertiary/aromatic N) is 2. The second kappa shape index (κ2) is 12.7. The van der Waals surface area contributed by atoms with Crippen LogP contribution in [0.15, 0.2) is 60.7 Å². The number of amides is 3. The van der Waals surface area contributed by atoms with Crippen molar-refractivity contribution < 1.29 is 28.7 Å². The monoisotopic (exact) mass is 660 g/mol. The smallest absolute Gasteiger partial charge is 0.345 e. The number of hydrogen-bond acceptors (Lipinski definition) is 6. The molecule has 1 saturated heterocycles. The first kappa shape index (κ1) is 31.0. The van der Waals surface area contributed by atoms with Crippen molar-refractivity contribution in [3.63, 3.8) is 0 Å². The lowest BCUT2D eigenvalue weighted by atomic mass is 9.76. The molecule has 0 spiro atoms. The van der Waals surface area contributed by atoms with Crippen LogP contribution in [0.2, 0.25) is 20.1 Å². The Kier molecular flexibility index (Phi) is 9.13. The van der Waals surface area contributed by atoms with Gasteiger partial charge in [0, 0.05) is 16.1 Å². The highest BCUT2D eigenvalue weighted by atomic mass is 35.5. The summed E-state index contributed by atoms with van der Waals surface area (Å²) in [4.78, 5) is 66.7. The number of hydrogen-bond donors (Lipinski definition) is 0. The van der Waals surface area contributed by atoms with E-state index in [9.17, 15) is 24.0 Å². The minimum Gasteiger partial charge on any atom is -0.423 e. The number of ketones is 1. The molecule has 1 heterocycles. The molecule has 0 radical (unpaired) electrons. The predicted octanol–water partition coefficient (Wildman–Crippen LogP) is 7.18. The van der Waals surface area contributed by atoms with Crippen molar-refractivity contribution in [1.29, 1.82) is 0 Å². The van der Waals surface area contributed by atoms with Crippen molar-refractivity contribution in [3.8, 4) is 5.75 Å². The molecule has 3 aromatic rings. The number of hydrazine groups is 1. The van der Waals surface area contributed by atoms with Crippen molar-refractivity contribution in [2.45, 2.75) is 26.2 Å². The van der Waals surface area contributed by atoms with Gasteiger partial charge < -0.3 is 4.74 Å². The SMILES string of the molecule is C[C@@H]1CC[C@@H]2C(=O)N(N(CC(=O)c3ccc(OC(=O)c4ccc(Cl)cc4Cl)cc3)C(=O)c3ccc(Cl)c(Cl)c3)C(=O)[C@@H]2C1. The lowest BCUT2D eigenvalue weighted by molar-refractivity contribution is -0.154. The van der Waals surface area contributed by atoms with E-state index in [0.717, 1.165) is 16.4 Å². The first-order valence-electron chi connectivity index (χ1n) is 13.4. The number of rotatable bonds is 7. The van der Waals surface area contributed by atoms with Crippen LogP contribution in [0.25, 0.3) is 0 Å². The highest BCUT2D eigenvalue weighted by Crippen LogP contribution is 2.41. The van der Waals surface area contributed by atoms with Crippen LogP contribution < -0.4 is 4.74 Å². The van der Waals surface area contributed by atoms with E-state index in [1.54, 1.807) is 0 Å². The quantitative estimate of drug-likeness (QED) is 0.115. The molecular formula is C31H24Cl4N2O6. The number of carbonyl (C=O) groups is 5. The van der Waals surface area contributed by atoms with Crippen LogP contribution in [-0.2, 0) is 9.59 Å². The minimum absolute atomic E-state index is 0.0501. The summed E-state index contributed by atoms with van der Waals surface area (Å²) >= 11 is 24.1. The molecule has 8 nitrogen and oxygen atoms in total. The third kappa shape index (κ3) is 6.43. The predicted molar refractivity (Wildman–Crippen MR) is 162 cm³/mol. The van der Waals surface area contributed by atoms with Gasteiger partial charge >= 0.3 is 5.97 Å². The molecule has 5 rings (SSSR count). The Bertz CT molecular complexity index is 1640. The molecule has 2 aliphatic rings. The summed E-state index contributed by atoms with van der Waals surface area (Å²) in [6.07, 6.45) is 1.84. The van der Waals surface area contributed by atoms with Crippen molar-refractivity contribution in [2.75, 3.05) is 6.54 Å². The van der Waals surface area contributed by atoms with Gasteiger partial charge in [-0.05, 0) is 85.8 Å². The summed E-state index contributed by atoms with van der Waals surface area (Å²) in [6, 6.07) is 14.1. The van der Waals surface area contributed by atoms with Gasteiger partial charge in [0.05, 0.1) is 32.5 Å². The van der Waals surface area contributed by atoms with Gasteiger partial charge in [-0.3, -0.25) is 19.2 Å². The van der Waals surface area contributed by atoms with Gasteiger partial charge in [-0.25, -0.2) is 9.80 Å². The molecule has 3 amide bonds. The maximum atomic E-state index is 13.7. The van der Waals surface area contributed by atoms with Crippen molar-refractivity contribution in [1.82, 2.24) is 10.0 Å². The largest absolute Gasteiger partial charge is 0.423 e. The standard InChI is InChI=1S/C31H24Cl4N2O6/c1-16-2-9-21-23(12-16)30(41)37(29(21)40)36(28(39)18-5-11-24(33)26(35)13-18)15-27(38)17-3-7-20(8-4-17)43-31(42)22-10-6-19(32)14-25(22)34/h3-8,10-11,13-14,16,21,23H,2,9,12,15H2,1H3/t16-,21+,23-/m1/s1. The number of esters is 1. The number of halogens is 4. The third-order valence-electron chi connectivity index (χ3n) is 7.64. The van der Waals surface area contributed by atoms with Gasteiger partial charge in [0.25, 0.3) is 17.7 Å². The molecule has 43 heavy (non-hydrogen) atoms. The molecule has 222 valence electrons. The Morgan fingerprint density at radius 3 is 2.16 bits per heavy atom. The van der Waals surface area contributed by atoms with E-state index >= 15 is 0 Å². The second-order valence-electron chi connectivity index (χ2n) is 10.6. The highest BCUT2D eigenvalue weighted by Gasteiger charge is 2.52. The number of benzene rings is 3. The van der Waals surface area contributed by atoms with Crippen molar-refractivity contribution in [3.05, 3.63) is 97.4 Å². The van der Waals surface area contributed by atoms with E-state index < -0.39 is 47.9 Å². The Morgan fingerprint density at radius 1 is 0.814 bits per heavy atom. The van der Waals surface area contributed by atoms with Gasteiger partial charge in [-0.15, -0.1) is 0 Å². The van der Waals surface area contributed by atoms with Crippen molar-refractivity contribution in [2.24, 2.45) is 17.8 Å². The van der Waals surface area contributed by atoms with Gasteiger partial charge in [0.2, 0.25) is 0 Å². The lowest BCUT2D eigenvalue weighted by Crippen LogP contribution is -2.52. The average Bonchev–Trinajstić information content (AvgIpc) is 3.21. The van der Waals surface area contributed by atoms with Gasteiger partial charge in [0.15, 0.2) is 5.78 Å². The molecular weight excluding hydrogens is 638 g/mol. The third-order valence-corrected chi connectivity index (χ3v) is 8.92. The molecule has 2 fully saturated rings. The van der Waals surface area contributed by atoms with Crippen molar-refractivity contribution >= 4 is 75.9 Å². The molecule has 3 aromatic carbocycles. The summed E-state index contributed by atoms with van der Waals surface area (Å²) in [5, 5.41) is 2.51. The summed E-state index contributed by atoms with van der Waals surface area (Å²) < 4.78 is 5.36. The fourth-order valence-corrected chi connectivity index (χ4v) is 6.16. The average molecular weight is 662 g/mol. The molecule has 1 saturated carbocycles. The van der Waals surface area contributed by atoms with Crippen LogP contribution in [0, 0.1) is 17.8 Å². The van der Waals surface area contributed by atoms with Crippen LogP contribution in [0.4, 0.5) is 0 Å². The van der Waals surface area contributed by atoms with Gasteiger partial charge in [-0.1, -0.05) is 53.3 Å². The lowest BCUT2D eigenvalue weighted by Gasteiger charge is -2.30. The van der Waals surface area contributed by atoms with E-state index in [2.05, 4.69) is 0 Å². The Labute approximate surface area is 267 Å². The van der Waals surface area contributed by atoms with E-state index in [4.69, 9.17) is 51.1 Å². The van der Waals surface area contributed by atoms with E-state index in [1.807, 2.05) is 6.92 Å². The maximum Gasteiger partial charge on any atom is 0.345 e. The summed E-state index contributed by atoms with van der Waals surface area (Å²) in [7, 11) is 0. The van der Waals surface area contributed by atoms with Crippen LogP contribution >= 0.6 is 46.4 Å². The molecule has 1 aliphatic heterocycles. The van der Waals surface area contributed by atoms with Gasteiger partial charge in [-0.2, -0.15) is 5.01 Å². The fourth-order valence-electron chi connectivity index (χ4n) is 5.37. The molecule has 0 unspecified atom stereocenters. The zero-order valence-electron chi connectivity index (χ0n) is 22.7. The summed E-state index contributed by atoms with van der Waals surface area (Å²) in [5.74, 6) is -3.77. The first-order chi connectivity index (χ1) is 20.4. The molecule has 0 bridgehead atoms. The van der Waals surface area contributed by atoms with Crippen LogP contribution in [0.1, 0.15) is 57.3 Å². The van der Waals surface area contributed by atoms with E-state index in [0.29, 0.717) is 17.9 Å². The Hall–Kier alpha value is -3.43. The normalized spacial score (nSPS) is 19.7. The number of carbonyl (C=O) groups excluding carboxylic acids is 5. The topological polar surface area (TPSA) is 101 Å². The molecule has 12 heteroatoms. The fraction of sp³-hybridized carbons (Fsp3) is 0.258. The summed E-state index contributed by atoms with van der Waals surface area (Å²) in [6.45, 7) is 1.41. The van der Waals surface area contributed by atoms with E-state index in [-0.39, 0.29) is 43.4 Å². The zero-order valence-corrected chi connectivity index (χ0v) is 25.7. The molecule has 0 N–H and O–H groups in total. The van der Waals surface area contributed by atoms with Crippen LogP contribution in [0.5, 0.6) is 5.75 Å². The Morgan fingerprint density at radius 2 is 1.49 bits per heavy atom. The van der Waals surface area contributed by atoms with Crippen LogP contribution in [-0.4, -0.2) is 46.0 Å². The Balaban J connectivity index is 1.39. The molecule has 3 atom stereocenters. The van der Waals surface area contributed by atoms with E-state index in [1.165, 1.54) is 60.7 Å². The first-order valence-corrected chi connectivity index (χ1v) is 14.9. The zero-order chi connectivity index (χ0) is 31.0. The number of Topliss-reactive ketones (excluding diaryl/α,β-unsaturated/α-hetero) is 1. The minimum atomic E-state index is -0.759. The molecule has 0 aromatic heterocycles. The van der Waals surface area contributed by atoms with Crippen LogP contribution in [0.3, 0.4) is 0 Å². The summed E-state index contributed by atoms with van der Waals surface area (Å²) in [5.41, 5.74) is 0.313. The number of fused-ring (bicyclic) bond motifs is 1. The van der Waals surface area contributed by atoms with Gasteiger partial charge in [0.1, 0.15) is 12.3 Å². The molecule has 1 aliphatic carbocycles. The number of ether oxygens (including phenoxy) is 1. The highest BCUT2D eigenvalue weighted by molar-refractivity contribution is 6.42.